The van der Waals surface area contributed by atoms with Crippen molar-refractivity contribution in [3.63, 3.8) is 0 Å². The zero-order valence-electron chi connectivity index (χ0n) is 13.2. The van der Waals surface area contributed by atoms with Gasteiger partial charge in [0.2, 0.25) is 5.89 Å². The van der Waals surface area contributed by atoms with Crippen LogP contribution in [0.4, 0.5) is 0 Å². The van der Waals surface area contributed by atoms with Crippen LogP contribution < -0.4 is 5.73 Å². The highest BCUT2D eigenvalue weighted by Crippen LogP contribution is 2.40. The van der Waals surface area contributed by atoms with Crippen molar-refractivity contribution in [2.75, 3.05) is 0 Å². The monoisotopic (exact) mass is 342 g/mol. The Morgan fingerprint density at radius 3 is 2.58 bits per heavy atom. The van der Waals surface area contributed by atoms with Gasteiger partial charge >= 0.3 is 0 Å². The summed E-state index contributed by atoms with van der Waals surface area (Å²) in [5.74, 6) is 0.560. The molecule has 0 bridgehead atoms. The number of oxazole rings is 1. The van der Waals surface area contributed by atoms with Gasteiger partial charge in [-0.15, -0.1) is 11.6 Å². The molecule has 0 spiro atoms. The van der Waals surface area contributed by atoms with Gasteiger partial charge in [0.15, 0.2) is 5.58 Å². The fourth-order valence-electron chi connectivity index (χ4n) is 3.46. The van der Waals surface area contributed by atoms with E-state index >= 15 is 0 Å². The van der Waals surface area contributed by atoms with Crippen molar-refractivity contribution in [3.8, 4) is 11.5 Å². The number of alkyl halides is 1. The van der Waals surface area contributed by atoms with E-state index in [0.717, 1.165) is 41.5 Å². The van der Waals surface area contributed by atoms with E-state index in [9.17, 15) is 5.11 Å². The van der Waals surface area contributed by atoms with E-state index in [2.05, 4.69) is 4.98 Å². The van der Waals surface area contributed by atoms with Gasteiger partial charge in [-0.1, -0.05) is 30.7 Å². The van der Waals surface area contributed by atoms with Crippen LogP contribution >= 0.6 is 11.6 Å². The van der Waals surface area contributed by atoms with Crippen molar-refractivity contribution < 1.29 is 9.52 Å². The summed E-state index contributed by atoms with van der Waals surface area (Å²) in [5, 5.41) is 10.7. The first-order valence-electron chi connectivity index (χ1n) is 8.17. The third-order valence-corrected chi connectivity index (χ3v) is 5.45. The maximum atomic E-state index is 11.1. The summed E-state index contributed by atoms with van der Waals surface area (Å²) in [5.41, 5.74) is 8.16. The van der Waals surface area contributed by atoms with Crippen LogP contribution in [0.1, 0.15) is 24.8 Å². The predicted octanol–water partition coefficient (Wildman–Crippen LogP) is 3.80. The van der Waals surface area contributed by atoms with E-state index in [4.69, 9.17) is 21.8 Å². The number of aliphatic hydroxyl groups is 1. The van der Waals surface area contributed by atoms with Gasteiger partial charge in [0.25, 0.3) is 0 Å². The highest BCUT2D eigenvalue weighted by atomic mass is 35.5. The molecule has 5 heteroatoms. The van der Waals surface area contributed by atoms with Gasteiger partial charge < -0.3 is 15.3 Å². The molecule has 3 aromatic rings. The Bertz CT molecular complexity index is 816. The molecular weight excluding hydrogens is 324 g/mol. The van der Waals surface area contributed by atoms with E-state index in [1.807, 2.05) is 48.5 Å². The molecule has 2 aromatic carbocycles. The average molecular weight is 343 g/mol. The summed E-state index contributed by atoms with van der Waals surface area (Å²) in [7, 11) is 0. The van der Waals surface area contributed by atoms with Gasteiger partial charge in [0.05, 0.1) is 5.38 Å². The number of nitrogens with two attached hydrogens (primary N) is 1. The first-order chi connectivity index (χ1) is 11.6. The lowest BCUT2D eigenvalue weighted by molar-refractivity contribution is -0.0149. The van der Waals surface area contributed by atoms with Crippen LogP contribution in [0, 0.1) is 0 Å². The molecule has 0 amide bonds. The SMILES string of the molecule is N[C@H]1CCC[C@H](Cl)[C@]1(O)c1ccc(-c2nc3ccccc3o2)cc1. The molecule has 1 heterocycles. The minimum atomic E-state index is -1.19. The number of para-hydroxylation sites is 2. The van der Waals surface area contributed by atoms with Crippen LogP contribution in [0.5, 0.6) is 0 Å². The molecule has 1 fully saturated rings. The molecule has 3 N–H and O–H groups in total. The van der Waals surface area contributed by atoms with Gasteiger partial charge in [-0.25, -0.2) is 4.98 Å². The quantitative estimate of drug-likeness (QED) is 0.695. The molecule has 0 saturated heterocycles. The minimum Gasteiger partial charge on any atom is -0.436 e. The maximum Gasteiger partial charge on any atom is 0.227 e. The fourth-order valence-corrected chi connectivity index (χ4v) is 3.90. The fraction of sp³-hybridized carbons (Fsp3) is 0.316. The van der Waals surface area contributed by atoms with Crippen LogP contribution in [-0.4, -0.2) is 21.5 Å². The van der Waals surface area contributed by atoms with Crippen LogP contribution in [0.25, 0.3) is 22.6 Å². The molecule has 0 unspecified atom stereocenters. The molecule has 3 atom stereocenters. The lowest BCUT2D eigenvalue weighted by Crippen LogP contribution is -2.54. The van der Waals surface area contributed by atoms with E-state index in [0.29, 0.717) is 5.89 Å². The molecule has 24 heavy (non-hydrogen) atoms. The van der Waals surface area contributed by atoms with Crippen LogP contribution in [0.3, 0.4) is 0 Å². The summed E-state index contributed by atoms with van der Waals surface area (Å²) < 4.78 is 5.78. The molecule has 4 nitrogen and oxygen atoms in total. The van der Waals surface area contributed by atoms with Crippen LogP contribution in [0.15, 0.2) is 52.9 Å². The number of nitrogens with zero attached hydrogens (tertiary/aromatic N) is 1. The molecule has 1 aliphatic rings. The second kappa shape index (κ2) is 5.88. The Morgan fingerprint density at radius 1 is 1.12 bits per heavy atom. The number of halogens is 1. The smallest absolute Gasteiger partial charge is 0.227 e. The van der Waals surface area contributed by atoms with Crippen molar-refractivity contribution >= 4 is 22.7 Å². The number of rotatable bonds is 2. The lowest BCUT2D eigenvalue weighted by atomic mass is 9.75. The first-order valence-corrected chi connectivity index (χ1v) is 8.61. The third-order valence-electron chi connectivity index (χ3n) is 4.90. The summed E-state index contributed by atoms with van der Waals surface area (Å²) >= 11 is 6.40. The first kappa shape index (κ1) is 15.6. The topological polar surface area (TPSA) is 72.3 Å². The number of aromatic nitrogens is 1. The number of benzene rings is 2. The van der Waals surface area contributed by atoms with Gasteiger partial charge in [0.1, 0.15) is 11.1 Å². The molecular formula is C19H19ClN2O2. The molecule has 4 rings (SSSR count). The van der Waals surface area contributed by atoms with Crippen molar-refractivity contribution in [3.05, 3.63) is 54.1 Å². The minimum absolute atomic E-state index is 0.357. The number of hydrogen-bond acceptors (Lipinski definition) is 4. The number of fused-ring (bicyclic) bond motifs is 1. The van der Waals surface area contributed by atoms with E-state index < -0.39 is 5.60 Å². The van der Waals surface area contributed by atoms with Crippen molar-refractivity contribution in [1.29, 1.82) is 0 Å². The number of hydrogen-bond donors (Lipinski definition) is 2. The Morgan fingerprint density at radius 2 is 1.88 bits per heavy atom. The molecule has 1 saturated carbocycles. The van der Waals surface area contributed by atoms with E-state index in [1.54, 1.807) is 0 Å². The molecule has 124 valence electrons. The summed E-state index contributed by atoms with van der Waals surface area (Å²) in [6.07, 6.45) is 2.48. The van der Waals surface area contributed by atoms with E-state index in [-0.39, 0.29) is 11.4 Å². The maximum absolute atomic E-state index is 11.1. The Labute approximate surface area is 145 Å². The predicted molar refractivity (Wildman–Crippen MR) is 94.8 cm³/mol. The highest BCUT2D eigenvalue weighted by Gasteiger charge is 2.45. The van der Waals surface area contributed by atoms with Crippen molar-refractivity contribution in [2.45, 2.75) is 36.3 Å². The lowest BCUT2D eigenvalue weighted by Gasteiger charge is -2.42. The van der Waals surface area contributed by atoms with E-state index in [1.165, 1.54) is 0 Å². The van der Waals surface area contributed by atoms with Gasteiger partial charge in [-0.05, 0) is 42.7 Å². The molecule has 1 aromatic heterocycles. The van der Waals surface area contributed by atoms with Crippen molar-refractivity contribution in [1.82, 2.24) is 4.98 Å². The molecule has 0 radical (unpaired) electrons. The highest BCUT2D eigenvalue weighted by molar-refractivity contribution is 6.21. The summed E-state index contributed by atoms with van der Waals surface area (Å²) in [4.78, 5) is 4.49. The Balaban J connectivity index is 1.69. The van der Waals surface area contributed by atoms with Gasteiger partial charge in [-0.2, -0.15) is 0 Å². The normalized spacial score (nSPS) is 27.5. The third kappa shape index (κ3) is 2.42. The zero-order valence-corrected chi connectivity index (χ0v) is 13.9. The van der Waals surface area contributed by atoms with Gasteiger partial charge in [0, 0.05) is 11.6 Å². The summed E-state index contributed by atoms with van der Waals surface area (Å²) in [6.45, 7) is 0. The van der Waals surface area contributed by atoms with Gasteiger partial charge in [-0.3, -0.25) is 0 Å². The molecule has 1 aliphatic carbocycles. The molecule has 0 aliphatic heterocycles. The Hall–Kier alpha value is -1.88. The average Bonchev–Trinajstić information content (AvgIpc) is 3.04. The van der Waals surface area contributed by atoms with Crippen LogP contribution in [-0.2, 0) is 5.60 Å². The largest absolute Gasteiger partial charge is 0.436 e. The standard InChI is InChI=1S/C19H19ClN2O2/c20-16-6-3-7-17(21)19(16,23)13-10-8-12(9-11-13)18-22-14-4-1-2-5-15(14)24-18/h1-2,4-5,8-11,16-17,23H,3,6-7,21H2/t16-,17-,19+/m0/s1. The second-order valence-corrected chi connectivity index (χ2v) is 6.92. The van der Waals surface area contributed by atoms with Crippen molar-refractivity contribution in [2.24, 2.45) is 5.73 Å². The summed E-state index contributed by atoms with van der Waals surface area (Å²) in [6, 6.07) is 14.8. The Kier molecular flexibility index (Phi) is 3.83. The van der Waals surface area contributed by atoms with Crippen LogP contribution in [0.2, 0.25) is 0 Å². The zero-order chi connectivity index (χ0) is 16.7. The second-order valence-electron chi connectivity index (χ2n) is 6.39.